The van der Waals surface area contributed by atoms with Gasteiger partial charge in [-0.1, -0.05) is 19.8 Å². The second kappa shape index (κ2) is 6.97. The van der Waals surface area contributed by atoms with Gasteiger partial charge >= 0.3 is 0 Å². The van der Waals surface area contributed by atoms with Crippen LogP contribution in [-0.2, 0) is 4.74 Å². The molecule has 1 aliphatic heterocycles. The summed E-state index contributed by atoms with van der Waals surface area (Å²) in [6.45, 7) is 9.22. The number of nitrogens with zero attached hydrogens (tertiary/aromatic N) is 1. The van der Waals surface area contributed by atoms with Crippen molar-refractivity contribution in [1.29, 1.82) is 0 Å². The summed E-state index contributed by atoms with van der Waals surface area (Å²) in [6.07, 6.45) is 11.4. The molecule has 1 spiro atoms. The lowest BCUT2D eigenvalue weighted by Crippen LogP contribution is -2.68. The van der Waals surface area contributed by atoms with Gasteiger partial charge in [0.05, 0.1) is 6.10 Å². The first-order chi connectivity index (χ1) is 10.3. The maximum absolute atomic E-state index is 5.97. The summed E-state index contributed by atoms with van der Waals surface area (Å²) in [6, 6.07) is 1.50. The molecule has 3 heteroatoms. The molecule has 1 saturated heterocycles. The van der Waals surface area contributed by atoms with Crippen molar-refractivity contribution in [3.05, 3.63) is 0 Å². The molecule has 0 radical (unpaired) electrons. The largest absolute Gasteiger partial charge is 0.378 e. The van der Waals surface area contributed by atoms with Gasteiger partial charge in [-0.25, -0.2) is 0 Å². The van der Waals surface area contributed by atoms with Crippen molar-refractivity contribution in [2.45, 2.75) is 83.4 Å². The minimum Gasteiger partial charge on any atom is -0.378 e. The van der Waals surface area contributed by atoms with Crippen LogP contribution in [-0.4, -0.2) is 49.3 Å². The first-order valence-corrected chi connectivity index (χ1v) is 9.38. The van der Waals surface area contributed by atoms with E-state index in [1.54, 1.807) is 0 Å². The highest BCUT2D eigenvalue weighted by Gasteiger charge is 2.58. The second-order valence-corrected chi connectivity index (χ2v) is 7.46. The summed E-state index contributed by atoms with van der Waals surface area (Å²) in [7, 11) is 0. The predicted molar refractivity (Wildman–Crippen MR) is 87.6 cm³/mol. The fourth-order valence-electron chi connectivity index (χ4n) is 4.66. The smallest absolute Gasteiger partial charge is 0.0661 e. The lowest BCUT2D eigenvalue weighted by Gasteiger charge is -2.62. The molecule has 3 aliphatic rings. The third-order valence-electron chi connectivity index (χ3n) is 6.29. The second-order valence-electron chi connectivity index (χ2n) is 7.46. The lowest BCUT2D eigenvalue weighted by atomic mass is 9.51. The average molecular weight is 294 g/mol. The Balaban J connectivity index is 1.42. The number of nitrogens with one attached hydrogen (secondary N) is 1. The molecule has 3 nitrogen and oxygen atoms in total. The van der Waals surface area contributed by atoms with Gasteiger partial charge in [0, 0.05) is 24.1 Å². The van der Waals surface area contributed by atoms with Gasteiger partial charge in [0.2, 0.25) is 0 Å². The molecule has 122 valence electrons. The number of hydrogen-bond acceptors (Lipinski definition) is 3. The number of unbranched alkanes of at least 4 members (excludes halogenated alkanes) is 1. The summed E-state index contributed by atoms with van der Waals surface area (Å²) in [5.41, 5.74) is 0.523. The molecular weight excluding hydrogens is 260 g/mol. The van der Waals surface area contributed by atoms with Crippen molar-refractivity contribution < 1.29 is 4.74 Å². The Morgan fingerprint density at radius 3 is 2.52 bits per heavy atom. The Kier molecular flexibility index (Phi) is 5.23. The minimum absolute atomic E-state index is 0.523. The molecule has 0 aromatic carbocycles. The van der Waals surface area contributed by atoms with Gasteiger partial charge in [-0.3, -0.25) is 0 Å². The van der Waals surface area contributed by atoms with Crippen LogP contribution >= 0.6 is 0 Å². The van der Waals surface area contributed by atoms with Crippen molar-refractivity contribution in [3.63, 3.8) is 0 Å². The van der Waals surface area contributed by atoms with Gasteiger partial charge in [-0.05, 0) is 65.1 Å². The molecule has 0 aromatic rings. The molecule has 2 unspecified atom stereocenters. The highest BCUT2D eigenvalue weighted by atomic mass is 16.5. The molecule has 0 bridgehead atoms. The fraction of sp³-hybridized carbons (Fsp3) is 1.00. The predicted octanol–water partition coefficient (Wildman–Crippen LogP) is 3.19. The molecule has 0 amide bonds. The van der Waals surface area contributed by atoms with Gasteiger partial charge in [0.15, 0.2) is 0 Å². The van der Waals surface area contributed by atoms with E-state index in [2.05, 4.69) is 24.1 Å². The molecular formula is C18H34N2O. The van der Waals surface area contributed by atoms with Crippen LogP contribution in [0.25, 0.3) is 0 Å². The van der Waals surface area contributed by atoms with Gasteiger partial charge in [-0.15, -0.1) is 0 Å². The number of hydrogen-bond donors (Lipinski definition) is 1. The van der Waals surface area contributed by atoms with Crippen LogP contribution in [0.3, 0.4) is 0 Å². The van der Waals surface area contributed by atoms with Crippen LogP contribution in [0.4, 0.5) is 0 Å². The quantitative estimate of drug-likeness (QED) is 0.780. The van der Waals surface area contributed by atoms with E-state index in [-0.39, 0.29) is 0 Å². The Labute approximate surface area is 130 Å². The Morgan fingerprint density at radius 1 is 1.19 bits per heavy atom. The minimum atomic E-state index is 0.523. The van der Waals surface area contributed by atoms with Crippen LogP contribution in [0, 0.1) is 5.41 Å². The molecule has 3 fully saturated rings. The van der Waals surface area contributed by atoms with Crippen molar-refractivity contribution >= 4 is 0 Å². The van der Waals surface area contributed by atoms with Crippen molar-refractivity contribution in [1.82, 2.24) is 10.2 Å². The number of piperidine rings is 1. The molecule has 2 saturated carbocycles. The van der Waals surface area contributed by atoms with E-state index < -0.39 is 0 Å². The molecule has 0 aromatic heterocycles. The maximum Gasteiger partial charge on any atom is 0.0661 e. The highest BCUT2D eigenvalue weighted by Crippen LogP contribution is 2.57. The Morgan fingerprint density at radius 2 is 1.95 bits per heavy atom. The van der Waals surface area contributed by atoms with E-state index in [0.717, 1.165) is 18.7 Å². The Bertz CT molecular complexity index is 321. The van der Waals surface area contributed by atoms with Gasteiger partial charge < -0.3 is 15.0 Å². The normalized spacial score (nSPS) is 32.9. The number of rotatable bonds is 7. The monoisotopic (exact) mass is 294 g/mol. The number of ether oxygens (including phenoxy) is 1. The molecule has 1 heterocycles. The number of likely N-dealkylation sites (tertiary alicyclic amines) is 1. The van der Waals surface area contributed by atoms with E-state index in [1.807, 2.05) is 0 Å². The van der Waals surface area contributed by atoms with E-state index in [4.69, 9.17) is 4.74 Å². The van der Waals surface area contributed by atoms with Gasteiger partial charge in [0.1, 0.15) is 0 Å². The SMILES string of the molecule is CCCCN1CCC(NC2CC(OCC)C23CCC3)CC1. The van der Waals surface area contributed by atoms with Crippen LogP contribution in [0.15, 0.2) is 0 Å². The zero-order valence-electron chi connectivity index (χ0n) is 14.1. The first kappa shape index (κ1) is 15.8. The fourth-order valence-corrected chi connectivity index (χ4v) is 4.66. The Hall–Kier alpha value is -0.120. The first-order valence-electron chi connectivity index (χ1n) is 9.38. The molecule has 21 heavy (non-hydrogen) atoms. The zero-order chi connectivity index (χ0) is 14.7. The molecule has 2 aliphatic carbocycles. The molecule has 2 atom stereocenters. The summed E-state index contributed by atoms with van der Waals surface area (Å²) in [5, 5.41) is 4.01. The van der Waals surface area contributed by atoms with Crippen molar-refractivity contribution in [2.75, 3.05) is 26.2 Å². The van der Waals surface area contributed by atoms with E-state index in [0.29, 0.717) is 11.5 Å². The molecule has 1 N–H and O–H groups in total. The zero-order valence-corrected chi connectivity index (χ0v) is 14.1. The van der Waals surface area contributed by atoms with E-state index in [9.17, 15) is 0 Å². The standard InChI is InChI=1S/C18H34N2O/c1-3-5-11-20-12-7-15(8-13-20)19-16-14-17(21-4-2)18(16)9-6-10-18/h15-17,19H,3-14H2,1-2H3. The van der Waals surface area contributed by atoms with Crippen molar-refractivity contribution in [3.8, 4) is 0 Å². The van der Waals surface area contributed by atoms with Gasteiger partial charge in [-0.2, -0.15) is 0 Å². The van der Waals surface area contributed by atoms with Crippen LogP contribution in [0.5, 0.6) is 0 Å². The third-order valence-corrected chi connectivity index (χ3v) is 6.29. The summed E-state index contributed by atoms with van der Waals surface area (Å²) in [5.74, 6) is 0. The lowest BCUT2D eigenvalue weighted by molar-refractivity contribution is -0.175. The van der Waals surface area contributed by atoms with Crippen LogP contribution in [0.1, 0.15) is 65.2 Å². The summed E-state index contributed by atoms with van der Waals surface area (Å²) in [4.78, 5) is 2.66. The summed E-state index contributed by atoms with van der Waals surface area (Å²) < 4.78 is 5.97. The van der Waals surface area contributed by atoms with E-state index >= 15 is 0 Å². The molecule has 3 rings (SSSR count). The highest BCUT2D eigenvalue weighted by molar-refractivity contribution is 5.12. The van der Waals surface area contributed by atoms with Gasteiger partial charge in [0.25, 0.3) is 0 Å². The average Bonchev–Trinajstić information content (AvgIpc) is 2.43. The van der Waals surface area contributed by atoms with Crippen LogP contribution < -0.4 is 5.32 Å². The van der Waals surface area contributed by atoms with E-state index in [1.165, 1.54) is 71.0 Å². The maximum atomic E-state index is 5.97. The van der Waals surface area contributed by atoms with Crippen molar-refractivity contribution in [2.24, 2.45) is 5.41 Å². The topological polar surface area (TPSA) is 24.5 Å². The van der Waals surface area contributed by atoms with Crippen LogP contribution in [0.2, 0.25) is 0 Å². The summed E-state index contributed by atoms with van der Waals surface area (Å²) >= 11 is 0. The third kappa shape index (κ3) is 3.16.